The summed E-state index contributed by atoms with van der Waals surface area (Å²) < 4.78 is 39.5. The second-order valence-electron chi connectivity index (χ2n) is 5.49. The molecule has 0 radical (unpaired) electrons. The summed E-state index contributed by atoms with van der Waals surface area (Å²) in [5.41, 5.74) is -1.18. The van der Waals surface area contributed by atoms with Crippen molar-refractivity contribution in [3.05, 3.63) is 29.0 Å². The number of halogens is 2. The van der Waals surface area contributed by atoms with Gasteiger partial charge in [-0.15, -0.1) is 0 Å². The van der Waals surface area contributed by atoms with E-state index in [-0.39, 0.29) is 22.4 Å². The van der Waals surface area contributed by atoms with Crippen LogP contribution in [-0.4, -0.2) is 25.7 Å². The van der Waals surface area contributed by atoms with Crippen LogP contribution in [0.4, 0.5) is 4.39 Å². The fraction of sp³-hybridized carbons (Fsp3) is 0.538. The van der Waals surface area contributed by atoms with Gasteiger partial charge in [0, 0.05) is 6.54 Å². The standard InChI is InChI=1S/C13H19ClFNO3S/c1-9(2)7-13(3,17)8-16-20(18,19)12-6-10(15)4-5-11(12)14/h4-6,9,16-17H,7-8H2,1-3H3. The third-order valence-electron chi connectivity index (χ3n) is 2.67. The molecule has 0 aliphatic rings. The van der Waals surface area contributed by atoms with Crippen LogP contribution in [0.25, 0.3) is 0 Å². The SMILES string of the molecule is CC(C)CC(C)(O)CNS(=O)(=O)c1cc(F)ccc1Cl. The molecule has 0 saturated heterocycles. The van der Waals surface area contributed by atoms with Crippen molar-refractivity contribution in [3.8, 4) is 0 Å². The highest BCUT2D eigenvalue weighted by atomic mass is 35.5. The zero-order chi connectivity index (χ0) is 15.6. The monoisotopic (exact) mass is 323 g/mol. The average Bonchev–Trinajstić information content (AvgIpc) is 2.28. The molecule has 1 atom stereocenters. The van der Waals surface area contributed by atoms with Crippen molar-refractivity contribution in [1.29, 1.82) is 0 Å². The zero-order valence-corrected chi connectivity index (χ0v) is 13.2. The van der Waals surface area contributed by atoms with E-state index in [0.717, 1.165) is 12.1 Å². The number of sulfonamides is 1. The number of nitrogens with one attached hydrogen (secondary N) is 1. The van der Waals surface area contributed by atoms with Crippen molar-refractivity contribution in [3.63, 3.8) is 0 Å². The Labute approximate surface area is 124 Å². The first kappa shape index (κ1) is 17.4. The second-order valence-corrected chi connectivity index (χ2v) is 7.64. The van der Waals surface area contributed by atoms with E-state index in [4.69, 9.17) is 11.6 Å². The smallest absolute Gasteiger partial charge is 0.242 e. The van der Waals surface area contributed by atoms with Crippen molar-refractivity contribution in [2.45, 2.75) is 37.7 Å². The molecule has 4 nitrogen and oxygen atoms in total. The maximum absolute atomic E-state index is 13.1. The fourth-order valence-electron chi connectivity index (χ4n) is 1.96. The lowest BCUT2D eigenvalue weighted by molar-refractivity contribution is 0.0437. The van der Waals surface area contributed by atoms with Crippen molar-refractivity contribution in [1.82, 2.24) is 4.72 Å². The first-order valence-corrected chi connectivity index (χ1v) is 8.07. The molecule has 1 rings (SSSR count). The summed E-state index contributed by atoms with van der Waals surface area (Å²) >= 11 is 5.77. The molecule has 0 bridgehead atoms. The largest absolute Gasteiger partial charge is 0.389 e. The molecule has 1 aromatic rings. The average molecular weight is 324 g/mol. The Morgan fingerprint density at radius 2 is 2.05 bits per heavy atom. The topological polar surface area (TPSA) is 66.4 Å². The van der Waals surface area contributed by atoms with Gasteiger partial charge in [-0.2, -0.15) is 0 Å². The Bertz CT molecular complexity index is 573. The van der Waals surface area contributed by atoms with Crippen LogP contribution < -0.4 is 4.72 Å². The summed E-state index contributed by atoms with van der Waals surface area (Å²) in [5, 5.41) is 10.0. The summed E-state index contributed by atoms with van der Waals surface area (Å²) in [6.45, 7) is 5.22. The number of benzene rings is 1. The van der Waals surface area contributed by atoms with E-state index in [9.17, 15) is 17.9 Å². The first-order chi connectivity index (χ1) is 9.03. The van der Waals surface area contributed by atoms with E-state index in [1.165, 1.54) is 6.07 Å². The van der Waals surface area contributed by atoms with Crippen LogP contribution in [0.3, 0.4) is 0 Å². The maximum atomic E-state index is 13.1. The molecule has 1 aromatic carbocycles. The van der Waals surface area contributed by atoms with Crippen molar-refractivity contribution in [2.24, 2.45) is 5.92 Å². The third-order valence-corrected chi connectivity index (χ3v) is 4.56. The molecule has 0 aliphatic carbocycles. The van der Waals surface area contributed by atoms with E-state index in [0.29, 0.717) is 6.42 Å². The minimum atomic E-state index is -3.96. The Kier molecular flexibility index (Phi) is 5.54. The molecule has 0 heterocycles. The summed E-state index contributed by atoms with van der Waals surface area (Å²) in [6.07, 6.45) is 0.437. The van der Waals surface area contributed by atoms with Gasteiger partial charge in [-0.3, -0.25) is 0 Å². The molecule has 7 heteroatoms. The predicted molar refractivity (Wildman–Crippen MR) is 76.7 cm³/mol. The van der Waals surface area contributed by atoms with Gasteiger partial charge >= 0.3 is 0 Å². The van der Waals surface area contributed by atoms with Gasteiger partial charge in [0.2, 0.25) is 10.0 Å². The van der Waals surface area contributed by atoms with Gasteiger partial charge in [0.1, 0.15) is 10.7 Å². The van der Waals surface area contributed by atoms with Crippen LogP contribution in [0.15, 0.2) is 23.1 Å². The van der Waals surface area contributed by atoms with Crippen molar-refractivity contribution >= 4 is 21.6 Å². The normalized spacial score (nSPS) is 15.3. The van der Waals surface area contributed by atoms with Gasteiger partial charge in [0.25, 0.3) is 0 Å². The number of rotatable bonds is 6. The van der Waals surface area contributed by atoms with Crippen molar-refractivity contribution < 1.29 is 17.9 Å². The molecular formula is C13H19ClFNO3S. The molecule has 114 valence electrons. The molecule has 0 amide bonds. The Morgan fingerprint density at radius 1 is 1.45 bits per heavy atom. The van der Waals surface area contributed by atoms with Gasteiger partial charge in [-0.05, 0) is 37.5 Å². The van der Waals surface area contributed by atoms with Crippen LogP contribution in [-0.2, 0) is 10.0 Å². The fourth-order valence-corrected chi connectivity index (χ4v) is 3.63. The van der Waals surface area contributed by atoms with Gasteiger partial charge in [0.05, 0.1) is 10.6 Å². The molecular weight excluding hydrogens is 305 g/mol. The lowest BCUT2D eigenvalue weighted by Crippen LogP contribution is -2.41. The molecule has 0 aliphatic heterocycles. The number of hydrogen-bond acceptors (Lipinski definition) is 3. The lowest BCUT2D eigenvalue weighted by Gasteiger charge is -2.25. The Balaban J connectivity index is 2.88. The van der Waals surface area contributed by atoms with Crippen LogP contribution >= 0.6 is 11.6 Å². The van der Waals surface area contributed by atoms with Crippen LogP contribution in [0.5, 0.6) is 0 Å². The highest BCUT2D eigenvalue weighted by Crippen LogP contribution is 2.23. The first-order valence-electron chi connectivity index (χ1n) is 6.20. The molecule has 0 spiro atoms. The van der Waals surface area contributed by atoms with Crippen LogP contribution in [0.2, 0.25) is 5.02 Å². The molecule has 0 saturated carbocycles. The minimum absolute atomic E-state index is 0.0672. The summed E-state index contributed by atoms with van der Waals surface area (Å²) in [7, 11) is -3.96. The summed E-state index contributed by atoms with van der Waals surface area (Å²) in [5.74, 6) is -0.476. The van der Waals surface area contributed by atoms with E-state index in [2.05, 4.69) is 4.72 Å². The number of hydrogen-bond donors (Lipinski definition) is 2. The minimum Gasteiger partial charge on any atom is -0.389 e. The third kappa shape index (κ3) is 5.01. The van der Waals surface area contributed by atoms with E-state index >= 15 is 0 Å². The highest BCUT2D eigenvalue weighted by Gasteiger charge is 2.26. The second kappa shape index (κ2) is 6.39. The van der Waals surface area contributed by atoms with Gasteiger partial charge in [0.15, 0.2) is 0 Å². The zero-order valence-electron chi connectivity index (χ0n) is 11.7. The van der Waals surface area contributed by atoms with Gasteiger partial charge < -0.3 is 5.11 Å². The summed E-state index contributed by atoms with van der Waals surface area (Å²) in [6, 6.07) is 3.11. The lowest BCUT2D eigenvalue weighted by atomic mass is 9.95. The highest BCUT2D eigenvalue weighted by molar-refractivity contribution is 7.89. The quantitative estimate of drug-likeness (QED) is 0.845. The van der Waals surface area contributed by atoms with Crippen LogP contribution in [0.1, 0.15) is 27.2 Å². The molecule has 2 N–H and O–H groups in total. The summed E-state index contributed by atoms with van der Waals surface area (Å²) in [4.78, 5) is -0.334. The Morgan fingerprint density at radius 3 is 2.60 bits per heavy atom. The molecule has 1 unspecified atom stereocenters. The molecule has 0 fully saturated rings. The predicted octanol–water partition coefficient (Wildman–Crippen LogP) is 2.55. The Hall–Kier alpha value is -0.690. The molecule has 20 heavy (non-hydrogen) atoms. The van der Waals surface area contributed by atoms with E-state index < -0.39 is 21.4 Å². The van der Waals surface area contributed by atoms with Crippen molar-refractivity contribution in [2.75, 3.05) is 6.54 Å². The van der Waals surface area contributed by atoms with E-state index in [1.54, 1.807) is 6.92 Å². The van der Waals surface area contributed by atoms with Crippen LogP contribution in [0, 0.1) is 11.7 Å². The van der Waals surface area contributed by atoms with Gasteiger partial charge in [-0.1, -0.05) is 25.4 Å². The van der Waals surface area contributed by atoms with E-state index in [1.807, 2.05) is 13.8 Å². The van der Waals surface area contributed by atoms with Gasteiger partial charge in [-0.25, -0.2) is 17.5 Å². The number of aliphatic hydroxyl groups is 1. The molecule has 0 aromatic heterocycles. The maximum Gasteiger partial charge on any atom is 0.242 e.